The van der Waals surface area contributed by atoms with Crippen LogP contribution in [0.3, 0.4) is 0 Å². The number of rotatable bonds is 4. The first-order valence-electron chi connectivity index (χ1n) is 9.42. The Labute approximate surface area is 171 Å². The van der Waals surface area contributed by atoms with Crippen LogP contribution in [0.5, 0.6) is 0 Å². The Kier molecular flexibility index (Phi) is 4.33. The highest BCUT2D eigenvalue weighted by molar-refractivity contribution is 5.89. The van der Waals surface area contributed by atoms with E-state index in [1.807, 2.05) is 67.6 Å². The van der Waals surface area contributed by atoms with E-state index >= 15 is 0 Å². The van der Waals surface area contributed by atoms with Crippen molar-refractivity contribution in [1.29, 1.82) is 0 Å². The summed E-state index contributed by atoms with van der Waals surface area (Å²) in [5, 5.41) is 5.14. The number of benzene rings is 2. The number of nitrogens with one attached hydrogen (secondary N) is 1. The molecule has 5 rings (SSSR count). The van der Waals surface area contributed by atoms with Crippen LogP contribution in [-0.4, -0.2) is 24.7 Å². The number of aryl methyl sites for hydroxylation is 1. The predicted octanol–water partition coefficient (Wildman–Crippen LogP) is 4.24. The molecule has 0 radical (unpaired) electrons. The van der Waals surface area contributed by atoms with Crippen LogP contribution in [0.2, 0.25) is 0 Å². The first-order valence-corrected chi connectivity index (χ1v) is 9.42. The maximum absolute atomic E-state index is 12.0. The van der Waals surface area contributed by atoms with Gasteiger partial charge in [-0.05, 0) is 42.8 Å². The lowest BCUT2D eigenvalue weighted by Crippen LogP contribution is -2.15. The fourth-order valence-electron chi connectivity index (χ4n) is 3.40. The standard InChI is InChI=1S/C23H17N5O2/c1-15-14-25-23(29)28(15)18-6-4-5-17(13-18)22-26-21(30-27-22)10-9-16-11-12-24-20-8-3-2-7-19(16)20/h2-14H,1H3,(H,25,29). The fourth-order valence-corrected chi connectivity index (χ4v) is 3.40. The molecule has 7 nitrogen and oxygen atoms in total. The molecule has 0 aliphatic heterocycles. The number of fused-ring (bicyclic) bond motifs is 1. The van der Waals surface area contributed by atoms with E-state index in [-0.39, 0.29) is 5.69 Å². The highest BCUT2D eigenvalue weighted by Crippen LogP contribution is 2.22. The molecule has 5 aromatic rings. The van der Waals surface area contributed by atoms with Crippen molar-refractivity contribution >= 4 is 23.1 Å². The van der Waals surface area contributed by atoms with Crippen LogP contribution in [-0.2, 0) is 0 Å². The van der Waals surface area contributed by atoms with Gasteiger partial charge >= 0.3 is 5.69 Å². The Bertz CT molecular complexity index is 1440. The van der Waals surface area contributed by atoms with E-state index < -0.39 is 0 Å². The second-order valence-electron chi connectivity index (χ2n) is 6.83. The largest absolute Gasteiger partial charge is 0.334 e. The van der Waals surface area contributed by atoms with Gasteiger partial charge in [0.2, 0.25) is 5.82 Å². The minimum absolute atomic E-state index is 0.189. The lowest BCUT2D eigenvalue weighted by molar-refractivity contribution is 0.411. The second-order valence-corrected chi connectivity index (χ2v) is 6.83. The Morgan fingerprint density at radius 1 is 1.07 bits per heavy atom. The van der Waals surface area contributed by atoms with Gasteiger partial charge in [-0.15, -0.1) is 0 Å². The number of aromatic nitrogens is 5. The molecule has 0 spiro atoms. The summed E-state index contributed by atoms with van der Waals surface area (Å²) in [6.45, 7) is 1.87. The van der Waals surface area contributed by atoms with Crippen molar-refractivity contribution in [3.8, 4) is 17.1 Å². The van der Waals surface area contributed by atoms with Crippen molar-refractivity contribution in [2.75, 3.05) is 0 Å². The number of H-pyrrole nitrogens is 1. The molecule has 0 amide bonds. The predicted molar refractivity (Wildman–Crippen MR) is 115 cm³/mol. The molecule has 1 N–H and O–H groups in total. The quantitative estimate of drug-likeness (QED) is 0.491. The second kappa shape index (κ2) is 7.29. The van der Waals surface area contributed by atoms with Crippen molar-refractivity contribution < 1.29 is 4.52 Å². The highest BCUT2D eigenvalue weighted by atomic mass is 16.5. The Hall–Kier alpha value is -4.26. The van der Waals surface area contributed by atoms with Gasteiger partial charge in [-0.1, -0.05) is 35.5 Å². The maximum Gasteiger partial charge on any atom is 0.330 e. The van der Waals surface area contributed by atoms with Crippen molar-refractivity contribution in [3.05, 3.63) is 94.6 Å². The lowest BCUT2D eigenvalue weighted by Gasteiger charge is -2.04. The van der Waals surface area contributed by atoms with E-state index in [4.69, 9.17) is 4.52 Å². The van der Waals surface area contributed by atoms with Crippen LogP contribution >= 0.6 is 0 Å². The number of pyridine rings is 1. The molecule has 3 heterocycles. The summed E-state index contributed by atoms with van der Waals surface area (Å²) >= 11 is 0. The Morgan fingerprint density at radius 3 is 2.83 bits per heavy atom. The number of aromatic amines is 1. The fraction of sp³-hybridized carbons (Fsp3) is 0.0435. The zero-order valence-electron chi connectivity index (χ0n) is 16.1. The summed E-state index contributed by atoms with van der Waals surface area (Å²) in [7, 11) is 0. The van der Waals surface area contributed by atoms with Gasteiger partial charge in [-0.25, -0.2) is 4.79 Å². The number of para-hydroxylation sites is 1. The van der Waals surface area contributed by atoms with E-state index in [2.05, 4.69) is 20.1 Å². The summed E-state index contributed by atoms with van der Waals surface area (Å²) in [6.07, 6.45) is 7.16. The summed E-state index contributed by atoms with van der Waals surface area (Å²) in [6, 6.07) is 17.3. The first kappa shape index (κ1) is 17.8. The zero-order valence-corrected chi connectivity index (χ0v) is 16.1. The van der Waals surface area contributed by atoms with Crippen LogP contribution in [0.1, 0.15) is 17.1 Å². The molecule has 0 aliphatic rings. The number of nitrogens with zero attached hydrogens (tertiary/aromatic N) is 4. The van der Waals surface area contributed by atoms with Crippen LogP contribution < -0.4 is 5.69 Å². The van der Waals surface area contributed by atoms with E-state index in [1.165, 1.54) is 0 Å². The number of hydrogen-bond acceptors (Lipinski definition) is 5. The summed E-state index contributed by atoms with van der Waals surface area (Å²) in [5.41, 5.74) is 4.08. The van der Waals surface area contributed by atoms with E-state index in [9.17, 15) is 4.79 Å². The highest BCUT2D eigenvalue weighted by Gasteiger charge is 2.10. The zero-order chi connectivity index (χ0) is 20.5. The maximum atomic E-state index is 12.0. The third-order valence-corrected chi connectivity index (χ3v) is 4.85. The Morgan fingerprint density at radius 2 is 1.97 bits per heavy atom. The molecule has 0 bridgehead atoms. The molecule has 3 aromatic heterocycles. The van der Waals surface area contributed by atoms with Gasteiger partial charge in [0.1, 0.15) is 0 Å². The lowest BCUT2D eigenvalue weighted by atomic mass is 10.1. The molecule has 7 heteroatoms. The first-order chi connectivity index (χ1) is 14.7. The third-order valence-electron chi connectivity index (χ3n) is 4.85. The van der Waals surface area contributed by atoms with Gasteiger partial charge in [0, 0.05) is 35.1 Å². The topological polar surface area (TPSA) is 89.6 Å². The average molecular weight is 395 g/mol. The summed E-state index contributed by atoms with van der Waals surface area (Å²) < 4.78 is 6.99. The van der Waals surface area contributed by atoms with Crippen molar-refractivity contribution in [2.24, 2.45) is 0 Å². The molecule has 0 fully saturated rings. The SMILES string of the molecule is Cc1c[nH]c(=O)n1-c1cccc(-c2noc(C=Cc3ccnc4ccccc34)n2)c1. The van der Waals surface area contributed by atoms with E-state index in [0.717, 1.165) is 33.4 Å². The number of hydrogen-bond donors (Lipinski definition) is 1. The van der Waals surface area contributed by atoms with Gasteiger partial charge in [-0.2, -0.15) is 4.98 Å². The molecule has 0 unspecified atom stereocenters. The molecule has 30 heavy (non-hydrogen) atoms. The minimum Gasteiger partial charge on any atom is -0.334 e. The van der Waals surface area contributed by atoms with Crippen molar-refractivity contribution in [2.45, 2.75) is 6.92 Å². The van der Waals surface area contributed by atoms with Crippen LogP contribution in [0.25, 0.3) is 40.1 Å². The van der Waals surface area contributed by atoms with Crippen LogP contribution in [0.15, 0.2) is 76.3 Å². The molecular weight excluding hydrogens is 378 g/mol. The Balaban J connectivity index is 1.46. The molecule has 0 saturated carbocycles. The van der Waals surface area contributed by atoms with E-state index in [1.54, 1.807) is 23.0 Å². The molecule has 0 saturated heterocycles. The third kappa shape index (κ3) is 3.22. The molecule has 146 valence electrons. The normalized spacial score (nSPS) is 11.5. The molecular formula is C23H17N5O2. The van der Waals surface area contributed by atoms with Gasteiger partial charge in [0.15, 0.2) is 0 Å². The molecule has 0 aliphatic carbocycles. The summed E-state index contributed by atoms with van der Waals surface area (Å²) in [4.78, 5) is 23.6. The smallest absolute Gasteiger partial charge is 0.330 e. The van der Waals surface area contributed by atoms with Crippen LogP contribution in [0, 0.1) is 6.92 Å². The number of imidazole rings is 1. The minimum atomic E-state index is -0.189. The van der Waals surface area contributed by atoms with Crippen molar-refractivity contribution in [3.63, 3.8) is 0 Å². The summed E-state index contributed by atoms with van der Waals surface area (Å²) in [5.74, 6) is 0.851. The monoisotopic (exact) mass is 395 g/mol. The van der Waals surface area contributed by atoms with Gasteiger partial charge in [-0.3, -0.25) is 9.55 Å². The van der Waals surface area contributed by atoms with Gasteiger partial charge in [0.25, 0.3) is 5.89 Å². The van der Waals surface area contributed by atoms with Crippen molar-refractivity contribution in [1.82, 2.24) is 24.7 Å². The molecule has 2 aromatic carbocycles. The average Bonchev–Trinajstić information content (AvgIpc) is 3.38. The van der Waals surface area contributed by atoms with E-state index in [0.29, 0.717) is 11.7 Å². The van der Waals surface area contributed by atoms with Gasteiger partial charge < -0.3 is 9.51 Å². The van der Waals surface area contributed by atoms with Gasteiger partial charge in [0.05, 0.1) is 11.2 Å². The van der Waals surface area contributed by atoms with Crippen LogP contribution in [0.4, 0.5) is 0 Å². The molecule has 0 atom stereocenters.